The third kappa shape index (κ3) is 2.63. The lowest BCUT2D eigenvalue weighted by atomic mass is 9.48. The summed E-state index contributed by atoms with van der Waals surface area (Å²) < 4.78 is 6.29. The van der Waals surface area contributed by atoms with Gasteiger partial charge in [-0.2, -0.15) is 0 Å². The predicted molar refractivity (Wildman–Crippen MR) is 118 cm³/mol. The Balaban J connectivity index is 1.54. The zero-order valence-corrected chi connectivity index (χ0v) is 19.1. The zero-order valence-electron chi connectivity index (χ0n) is 19.1. The van der Waals surface area contributed by atoms with E-state index in [0.29, 0.717) is 11.8 Å². The lowest BCUT2D eigenvalue weighted by Crippen LogP contribution is -2.60. The second-order valence-electron chi connectivity index (χ2n) is 11.2. The molecule has 31 heavy (non-hydrogen) atoms. The molecule has 0 heterocycles. The molecule has 7 atom stereocenters. The van der Waals surface area contributed by atoms with Crippen LogP contribution in [-0.4, -0.2) is 23.1 Å². The van der Waals surface area contributed by atoms with Crippen LogP contribution in [0.5, 0.6) is 0 Å². The molecule has 4 heteroatoms. The van der Waals surface area contributed by atoms with Crippen LogP contribution in [0.4, 0.5) is 0 Å². The number of fused-ring (bicyclic) bond motifs is 5. The first-order chi connectivity index (χ1) is 14.6. The van der Waals surface area contributed by atoms with Crippen LogP contribution in [0.1, 0.15) is 66.2 Å². The molecule has 0 spiro atoms. The number of allylic oxidation sites excluding steroid dienone is 6. The van der Waals surface area contributed by atoms with E-state index in [4.69, 9.17) is 4.74 Å². The first kappa shape index (κ1) is 20.9. The number of rotatable bonds is 3. The molecule has 0 aromatic heterocycles. The van der Waals surface area contributed by atoms with Gasteiger partial charge in [-0.3, -0.25) is 14.4 Å². The Morgan fingerprint density at radius 2 is 1.84 bits per heavy atom. The van der Waals surface area contributed by atoms with Crippen LogP contribution in [0.3, 0.4) is 0 Å². The third-order valence-electron chi connectivity index (χ3n) is 9.88. The summed E-state index contributed by atoms with van der Waals surface area (Å²) in [5.41, 5.74) is -0.444. The van der Waals surface area contributed by atoms with Gasteiger partial charge in [-0.15, -0.1) is 0 Å². The van der Waals surface area contributed by atoms with Crippen molar-refractivity contribution >= 4 is 17.5 Å². The van der Waals surface area contributed by atoms with Gasteiger partial charge in [-0.05, 0) is 74.5 Å². The van der Waals surface area contributed by atoms with E-state index >= 15 is 0 Å². The summed E-state index contributed by atoms with van der Waals surface area (Å²) in [7, 11) is 0. The molecule has 5 aliphatic carbocycles. The Labute approximate surface area is 185 Å². The maximum atomic E-state index is 13.2. The topological polar surface area (TPSA) is 60.4 Å². The summed E-state index contributed by atoms with van der Waals surface area (Å²) in [6.45, 7) is 8.18. The lowest BCUT2D eigenvalue weighted by Gasteiger charge is -2.56. The largest absolute Gasteiger partial charge is 0.450 e. The normalized spacial score (nSPS) is 45.8. The van der Waals surface area contributed by atoms with Gasteiger partial charge in [0.25, 0.3) is 0 Å². The second kappa shape index (κ2) is 6.76. The van der Waals surface area contributed by atoms with E-state index in [1.54, 1.807) is 19.1 Å². The molecule has 166 valence electrons. The van der Waals surface area contributed by atoms with E-state index in [9.17, 15) is 14.4 Å². The summed E-state index contributed by atoms with van der Waals surface area (Å²) in [5, 5.41) is 0. The standard InChI is InChI=1S/C27H34O4/c1-16-14-23-21-9-8-19-15-20(29)10-12-25(19,3)22(21)11-13-26(23,4)27(16,17(2)28)31-24(30)18-6-5-7-18/h8-10,12,15-16,18,21-23H,5-7,11,13-14H2,1-4H3/t16-,21+,22-,23-,25-,26-,27-/m0/s1. The van der Waals surface area contributed by atoms with Crippen LogP contribution in [0, 0.1) is 40.4 Å². The van der Waals surface area contributed by atoms with Crippen LogP contribution in [-0.2, 0) is 19.1 Å². The molecule has 0 radical (unpaired) electrons. The molecule has 0 aromatic rings. The molecule has 4 nitrogen and oxygen atoms in total. The van der Waals surface area contributed by atoms with Gasteiger partial charge in [0.1, 0.15) is 0 Å². The fourth-order valence-corrected chi connectivity index (χ4v) is 7.91. The van der Waals surface area contributed by atoms with Crippen molar-refractivity contribution < 1.29 is 19.1 Å². The van der Waals surface area contributed by atoms with Crippen LogP contribution in [0.25, 0.3) is 0 Å². The molecule has 0 aromatic carbocycles. The Bertz CT molecular complexity index is 937. The molecule has 0 aliphatic heterocycles. The maximum absolute atomic E-state index is 13.2. The highest BCUT2D eigenvalue weighted by Gasteiger charge is 2.70. The van der Waals surface area contributed by atoms with Gasteiger partial charge in [0.2, 0.25) is 0 Å². The quantitative estimate of drug-likeness (QED) is 0.602. The first-order valence-corrected chi connectivity index (χ1v) is 12.0. The molecule has 5 rings (SSSR count). The Morgan fingerprint density at radius 1 is 1.10 bits per heavy atom. The SMILES string of the molecule is CC(=O)[C@@]1(OC(=O)C2CCC2)[C@@H](C)C[C@H]2[C@@H]3C=CC4=CC(=O)C=C[C@]4(C)[C@H]3CC[C@@]21C. The van der Waals surface area contributed by atoms with E-state index in [1.807, 2.05) is 0 Å². The summed E-state index contributed by atoms with van der Waals surface area (Å²) in [6, 6.07) is 0. The molecule has 0 N–H and O–H groups in total. The van der Waals surface area contributed by atoms with E-state index < -0.39 is 5.60 Å². The van der Waals surface area contributed by atoms with Gasteiger partial charge in [-0.25, -0.2) is 0 Å². The average molecular weight is 423 g/mol. The number of ether oxygens (including phenoxy) is 1. The molecular formula is C27H34O4. The van der Waals surface area contributed by atoms with Crippen molar-refractivity contribution in [2.24, 2.45) is 40.4 Å². The van der Waals surface area contributed by atoms with E-state index in [2.05, 4.69) is 39.0 Å². The minimum atomic E-state index is -1.03. The first-order valence-electron chi connectivity index (χ1n) is 12.0. The monoisotopic (exact) mass is 422 g/mol. The Kier molecular flexibility index (Phi) is 4.56. The summed E-state index contributed by atoms with van der Waals surface area (Å²) in [4.78, 5) is 38.2. The summed E-state index contributed by atoms with van der Waals surface area (Å²) in [5.74, 6) is 0.851. The highest BCUT2D eigenvalue weighted by atomic mass is 16.6. The Morgan fingerprint density at radius 3 is 2.48 bits per heavy atom. The highest BCUT2D eigenvalue weighted by molar-refractivity contribution is 6.01. The number of carbonyl (C=O) groups excluding carboxylic acids is 3. The molecule has 0 saturated heterocycles. The van der Waals surface area contributed by atoms with Gasteiger partial charge >= 0.3 is 5.97 Å². The van der Waals surface area contributed by atoms with Crippen molar-refractivity contribution in [1.82, 2.24) is 0 Å². The van der Waals surface area contributed by atoms with Gasteiger partial charge in [0.15, 0.2) is 17.2 Å². The number of ketones is 2. The van der Waals surface area contributed by atoms with Gasteiger partial charge in [0.05, 0.1) is 5.92 Å². The number of Topliss-reactive ketones (excluding diaryl/α,β-unsaturated/α-hetero) is 1. The van der Waals surface area contributed by atoms with Crippen LogP contribution in [0.2, 0.25) is 0 Å². The fraction of sp³-hybridized carbons (Fsp3) is 0.667. The molecule has 0 unspecified atom stereocenters. The molecule has 3 saturated carbocycles. The van der Waals surface area contributed by atoms with E-state index in [-0.39, 0.29) is 46.1 Å². The minimum absolute atomic E-state index is 0.00407. The van der Waals surface area contributed by atoms with Crippen molar-refractivity contribution in [1.29, 1.82) is 0 Å². The van der Waals surface area contributed by atoms with Crippen molar-refractivity contribution in [2.75, 3.05) is 0 Å². The number of hydrogen-bond donors (Lipinski definition) is 0. The summed E-state index contributed by atoms with van der Waals surface area (Å²) in [6.07, 6.45) is 15.5. The van der Waals surface area contributed by atoms with Gasteiger partial charge in [-0.1, -0.05) is 45.4 Å². The maximum Gasteiger partial charge on any atom is 0.309 e. The Hall–Kier alpha value is -1.97. The van der Waals surface area contributed by atoms with Crippen molar-refractivity contribution in [3.8, 4) is 0 Å². The molecule has 5 aliphatic rings. The lowest BCUT2D eigenvalue weighted by molar-refractivity contribution is -0.197. The van der Waals surface area contributed by atoms with Gasteiger partial charge < -0.3 is 4.74 Å². The fourth-order valence-electron chi connectivity index (χ4n) is 7.91. The molecular weight excluding hydrogens is 388 g/mol. The number of carbonyl (C=O) groups is 3. The van der Waals surface area contributed by atoms with E-state index in [1.165, 1.54) is 0 Å². The van der Waals surface area contributed by atoms with Crippen molar-refractivity contribution in [3.63, 3.8) is 0 Å². The minimum Gasteiger partial charge on any atom is -0.450 e. The van der Waals surface area contributed by atoms with Crippen LogP contribution >= 0.6 is 0 Å². The molecule has 0 amide bonds. The summed E-state index contributed by atoms with van der Waals surface area (Å²) >= 11 is 0. The smallest absolute Gasteiger partial charge is 0.309 e. The van der Waals surface area contributed by atoms with Gasteiger partial charge in [0, 0.05) is 16.7 Å². The number of esters is 1. The molecule has 3 fully saturated rings. The van der Waals surface area contributed by atoms with E-state index in [0.717, 1.165) is 44.1 Å². The highest BCUT2D eigenvalue weighted by Crippen LogP contribution is 2.68. The van der Waals surface area contributed by atoms with Crippen LogP contribution in [0.15, 0.2) is 36.0 Å². The third-order valence-corrected chi connectivity index (χ3v) is 9.88. The van der Waals surface area contributed by atoms with Crippen molar-refractivity contribution in [3.05, 3.63) is 36.0 Å². The predicted octanol–water partition coefficient (Wildman–Crippen LogP) is 4.99. The van der Waals surface area contributed by atoms with Crippen LogP contribution < -0.4 is 0 Å². The zero-order chi connectivity index (χ0) is 22.2. The average Bonchev–Trinajstić information content (AvgIpc) is 2.89. The number of hydrogen-bond acceptors (Lipinski definition) is 4. The molecule has 0 bridgehead atoms. The second-order valence-corrected chi connectivity index (χ2v) is 11.2. The van der Waals surface area contributed by atoms with Crippen molar-refractivity contribution in [2.45, 2.75) is 71.8 Å².